The second kappa shape index (κ2) is 6.82. The van der Waals surface area contributed by atoms with Gasteiger partial charge in [0.25, 0.3) is 0 Å². The fourth-order valence-corrected chi connectivity index (χ4v) is 4.23. The molecule has 5 rings (SSSR count). The molecule has 4 heterocycles. The summed E-state index contributed by atoms with van der Waals surface area (Å²) in [5.41, 5.74) is 2.32. The van der Waals surface area contributed by atoms with E-state index < -0.39 is 0 Å². The number of nitrogens with one attached hydrogen (secondary N) is 1. The molecule has 0 aliphatic carbocycles. The summed E-state index contributed by atoms with van der Waals surface area (Å²) in [5, 5.41) is 3.71. The molecule has 1 amide bonds. The molecule has 4 saturated heterocycles. The summed E-state index contributed by atoms with van der Waals surface area (Å²) in [6.07, 6.45) is 1.66. The van der Waals surface area contributed by atoms with E-state index in [2.05, 4.69) is 46.3 Å². The zero-order chi connectivity index (χ0) is 16.5. The highest BCUT2D eigenvalue weighted by Gasteiger charge is 2.31. The van der Waals surface area contributed by atoms with Crippen molar-refractivity contribution in [3.8, 4) is 0 Å². The second-order valence-electron chi connectivity index (χ2n) is 7.36. The molecule has 4 aliphatic heterocycles. The number of anilines is 1. The van der Waals surface area contributed by atoms with Gasteiger partial charge in [-0.1, -0.05) is 12.1 Å². The number of piperazine rings is 3. The van der Waals surface area contributed by atoms with Gasteiger partial charge in [-0.25, -0.2) is 0 Å². The van der Waals surface area contributed by atoms with Gasteiger partial charge in [-0.05, 0) is 31.0 Å². The number of hydrogen-bond acceptors (Lipinski definition) is 4. The Morgan fingerprint density at radius 3 is 2.71 bits per heavy atom. The van der Waals surface area contributed by atoms with Crippen molar-refractivity contribution in [3.05, 3.63) is 29.8 Å². The first kappa shape index (κ1) is 16.1. The van der Waals surface area contributed by atoms with Gasteiger partial charge < -0.3 is 10.2 Å². The Morgan fingerprint density at radius 2 is 2.04 bits per heavy atom. The molecule has 2 atom stereocenters. The van der Waals surface area contributed by atoms with E-state index in [4.69, 9.17) is 0 Å². The molecule has 5 heteroatoms. The van der Waals surface area contributed by atoms with Crippen LogP contribution in [0.15, 0.2) is 24.3 Å². The molecule has 130 valence electrons. The van der Waals surface area contributed by atoms with Crippen molar-refractivity contribution in [1.29, 1.82) is 0 Å². The SMILES string of the molecule is CC(NCC1CN2CCN1CC2)c1cccc(N2CCCC2=O)c1. The van der Waals surface area contributed by atoms with Crippen molar-refractivity contribution in [2.24, 2.45) is 0 Å². The molecule has 1 aromatic rings. The lowest BCUT2D eigenvalue weighted by Crippen LogP contribution is -2.63. The number of hydrogen-bond donors (Lipinski definition) is 1. The molecule has 0 radical (unpaired) electrons. The highest BCUT2D eigenvalue weighted by atomic mass is 16.2. The van der Waals surface area contributed by atoms with Crippen LogP contribution in [0.4, 0.5) is 5.69 Å². The van der Waals surface area contributed by atoms with Gasteiger partial charge in [0.15, 0.2) is 0 Å². The minimum atomic E-state index is 0.257. The number of amides is 1. The van der Waals surface area contributed by atoms with Crippen LogP contribution in [0, 0.1) is 0 Å². The Kier molecular flexibility index (Phi) is 4.57. The third kappa shape index (κ3) is 3.21. The van der Waals surface area contributed by atoms with Crippen LogP contribution < -0.4 is 10.2 Å². The topological polar surface area (TPSA) is 38.8 Å². The maximum Gasteiger partial charge on any atom is 0.227 e. The second-order valence-corrected chi connectivity index (χ2v) is 7.36. The summed E-state index contributed by atoms with van der Waals surface area (Å²) in [5.74, 6) is 0.257. The summed E-state index contributed by atoms with van der Waals surface area (Å²) in [4.78, 5) is 19.1. The van der Waals surface area contributed by atoms with Crippen LogP contribution in [0.1, 0.15) is 31.4 Å². The van der Waals surface area contributed by atoms with E-state index in [-0.39, 0.29) is 5.91 Å². The Hall–Kier alpha value is -1.43. The lowest BCUT2D eigenvalue weighted by Gasteiger charge is -2.47. The fourth-order valence-electron chi connectivity index (χ4n) is 4.23. The van der Waals surface area contributed by atoms with Crippen molar-refractivity contribution in [1.82, 2.24) is 15.1 Å². The van der Waals surface area contributed by atoms with E-state index in [1.807, 2.05) is 4.90 Å². The van der Waals surface area contributed by atoms with Gasteiger partial charge in [0.1, 0.15) is 0 Å². The van der Waals surface area contributed by atoms with E-state index in [1.54, 1.807) is 0 Å². The van der Waals surface area contributed by atoms with Gasteiger partial charge in [0, 0.05) is 70.0 Å². The summed E-state index contributed by atoms with van der Waals surface area (Å²) in [6.45, 7) is 10.2. The van der Waals surface area contributed by atoms with Crippen LogP contribution in [-0.2, 0) is 4.79 Å². The highest BCUT2D eigenvalue weighted by Crippen LogP contribution is 2.25. The Labute approximate surface area is 144 Å². The van der Waals surface area contributed by atoms with Crippen molar-refractivity contribution in [3.63, 3.8) is 0 Å². The van der Waals surface area contributed by atoms with Gasteiger partial charge in [-0.15, -0.1) is 0 Å². The minimum absolute atomic E-state index is 0.257. The van der Waals surface area contributed by atoms with Crippen LogP contribution in [0.5, 0.6) is 0 Å². The number of nitrogens with zero attached hydrogens (tertiary/aromatic N) is 3. The van der Waals surface area contributed by atoms with E-state index >= 15 is 0 Å². The first-order valence-corrected chi connectivity index (χ1v) is 9.31. The number of carbonyl (C=O) groups excluding carboxylic acids is 1. The van der Waals surface area contributed by atoms with Gasteiger partial charge >= 0.3 is 0 Å². The zero-order valence-corrected chi connectivity index (χ0v) is 14.6. The first-order chi connectivity index (χ1) is 11.7. The minimum Gasteiger partial charge on any atom is -0.312 e. The first-order valence-electron chi connectivity index (χ1n) is 9.31. The van der Waals surface area contributed by atoms with Crippen molar-refractivity contribution in [2.75, 3.05) is 50.7 Å². The molecule has 2 unspecified atom stereocenters. The number of benzene rings is 1. The van der Waals surface area contributed by atoms with Gasteiger partial charge in [-0.2, -0.15) is 0 Å². The standard InChI is InChI=1S/C19H28N4O/c1-15(20-13-18-14-21-8-10-22(18)11-9-21)16-4-2-5-17(12-16)23-7-3-6-19(23)24/h2,4-5,12,15,18,20H,3,6-11,13-14H2,1H3. The molecule has 5 nitrogen and oxygen atoms in total. The molecule has 2 bridgehead atoms. The van der Waals surface area contributed by atoms with Crippen LogP contribution in [-0.4, -0.2) is 67.6 Å². The number of fused-ring (bicyclic) bond motifs is 3. The van der Waals surface area contributed by atoms with E-state index in [0.717, 1.165) is 25.2 Å². The number of carbonyl (C=O) groups is 1. The molecule has 24 heavy (non-hydrogen) atoms. The predicted molar refractivity (Wildman–Crippen MR) is 96.2 cm³/mol. The van der Waals surface area contributed by atoms with E-state index in [0.29, 0.717) is 18.5 Å². The molecule has 4 fully saturated rings. The smallest absolute Gasteiger partial charge is 0.227 e. The largest absolute Gasteiger partial charge is 0.312 e. The van der Waals surface area contributed by atoms with Crippen LogP contribution >= 0.6 is 0 Å². The monoisotopic (exact) mass is 328 g/mol. The van der Waals surface area contributed by atoms with E-state index in [1.165, 1.54) is 38.3 Å². The maximum atomic E-state index is 12.0. The van der Waals surface area contributed by atoms with Gasteiger partial charge in [-0.3, -0.25) is 14.6 Å². The van der Waals surface area contributed by atoms with E-state index in [9.17, 15) is 4.79 Å². The van der Waals surface area contributed by atoms with Crippen molar-refractivity contribution >= 4 is 11.6 Å². The number of rotatable bonds is 5. The average Bonchev–Trinajstić information content (AvgIpc) is 3.07. The fraction of sp³-hybridized carbons (Fsp3) is 0.632. The summed E-state index contributed by atoms with van der Waals surface area (Å²) >= 11 is 0. The van der Waals surface area contributed by atoms with Crippen molar-refractivity contribution < 1.29 is 4.79 Å². The molecule has 0 aromatic heterocycles. The zero-order valence-electron chi connectivity index (χ0n) is 14.6. The third-order valence-corrected chi connectivity index (χ3v) is 5.81. The van der Waals surface area contributed by atoms with Crippen LogP contribution in [0.2, 0.25) is 0 Å². The summed E-state index contributed by atoms with van der Waals surface area (Å²) < 4.78 is 0. The molecule has 0 spiro atoms. The molecular formula is C19H28N4O. The Morgan fingerprint density at radius 1 is 1.21 bits per heavy atom. The normalized spacial score (nSPS) is 30.8. The lowest BCUT2D eigenvalue weighted by atomic mass is 10.0. The molecule has 0 saturated carbocycles. The maximum absolute atomic E-state index is 12.0. The van der Waals surface area contributed by atoms with Gasteiger partial charge in [0.05, 0.1) is 0 Å². The quantitative estimate of drug-likeness (QED) is 0.888. The third-order valence-electron chi connectivity index (χ3n) is 5.81. The van der Waals surface area contributed by atoms with Gasteiger partial charge in [0.2, 0.25) is 5.91 Å². The Balaban J connectivity index is 1.37. The average molecular weight is 328 g/mol. The molecular weight excluding hydrogens is 300 g/mol. The summed E-state index contributed by atoms with van der Waals surface area (Å²) in [7, 11) is 0. The Bertz CT molecular complexity index is 597. The van der Waals surface area contributed by atoms with Crippen LogP contribution in [0.25, 0.3) is 0 Å². The summed E-state index contributed by atoms with van der Waals surface area (Å²) in [6, 6.07) is 9.42. The predicted octanol–water partition coefficient (Wildman–Crippen LogP) is 1.46. The van der Waals surface area contributed by atoms with Crippen LogP contribution in [0.3, 0.4) is 0 Å². The highest BCUT2D eigenvalue weighted by molar-refractivity contribution is 5.95. The molecule has 4 aliphatic rings. The molecule has 1 N–H and O–H groups in total. The lowest BCUT2D eigenvalue weighted by molar-refractivity contribution is -0.117. The van der Waals surface area contributed by atoms with Crippen molar-refractivity contribution in [2.45, 2.75) is 31.8 Å². The molecule has 1 aromatic carbocycles.